The van der Waals surface area contributed by atoms with Crippen LogP contribution in [0.3, 0.4) is 0 Å². The van der Waals surface area contributed by atoms with E-state index in [1.807, 2.05) is 0 Å². The number of hydrogen-bond acceptors (Lipinski definition) is 7. The third-order valence-electron chi connectivity index (χ3n) is 7.29. The molecule has 0 bridgehead atoms. The maximum atomic E-state index is 14.9. The first-order valence-electron chi connectivity index (χ1n) is 14.8. The second-order valence-corrected chi connectivity index (χ2v) is 11.3. The monoisotopic (exact) mass is 686 g/mol. The van der Waals surface area contributed by atoms with Crippen LogP contribution >= 0.6 is 0 Å². The van der Waals surface area contributed by atoms with Gasteiger partial charge in [0, 0.05) is 59.1 Å². The Morgan fingerprint density at radius 1 is 1.02 bits per heavy atom. The van der Waals surface area contributed by atoms with Gasteiger partial charge in [-0.3, -0.25) is 14.4 Å². The van der Waals surface area contributed by atoms with Crippen molar-refractivity contribution in [1.29, 1.82) is 0 Å². The van der Waals surface area contributed by atoms with Crippen LogP contribution in [0.25, 0.3) is 11.0 Å². The fraction of sp³-hybridized carbons (Fsp3) is 0.303. The van der Waals surface area contributed by atoms with Crippen molar-refractivity contribution >= 4 is 34.6 Å². The molecule has 2 heterocycles. The third-order valence-corrected chi connectivity index (χ3v) is 7.29. The summed E-state index contributed by atoms with van der Waals surface area (Å²) in [4.78, 5) is 57.6. The summed E-state index contributed by atoms with van der Waals surface area (Å²) in [6.45, 7) is -0.767. The van der Waals surface area contributed by atoms with Gasteiger partial charge < -0.3 is 33.7 Å². The Bertz CT molecular complexity index is 1970. The number of anilines is 1. The molecule has 0 saturated heterocycles. The van der Waals surface area contributed by atoms with E-state index in [2.05, 4.69) is 10.3 Å². The predicted molar refractivity (Wildman–Crippen MR) is 171 cm³/mol. The lowest BCUT2D eigenvalue weighted by Crippen LogP contribution is -2.37. The molecule has 0 fully saturated rings. The van der Waals surface area contributed by atoms with E-state index in [-0.39, 0.29) is 53.4 Å². The molecule has 1 N–H and O–H groups in total. The summed E-state index contributed by atoms with van der Waals surface area (Å²) in [6, 6.07) is 6.46. The second-order valence-electron chi connectivity index (χ2n) is 11.3. The average molecular weight is 687 g/mol. The zero-order chi connectivity index (χ0) is 36.0. The first kappa shape index (κ1) is 36.2. The number of ether oxygens (including phenoxy) is 2. The van der Waals surface area contributed by atoms with E-state index in [4.69, 9.17) is 9.47 Å². The van der Waals surface area contributed by atoms with Crippen LogP contribution in [0.2, 0.25) is 0 Å². The number of likely N-dealkylation sites (N-methyl/N-ethyl adjacent to an activating group) is 1. The number of amides is 3. The third kappa shape index (κ3) is 8.63. The van der Waals surface area contributed by atoms with Gasteiger partial charge in [-0.1, -0.05) is 6.08 Å². The minimum atomic E-state index is -1.37. The Labute approximate surface area is 278 Å². The summed E-state index contributed by atoms with van der Waals surface area (Å²) < 4.78 is 70.3. The number of rotatable bonds is 12. The van der Waals surface area contributed by atoms with Gasteiger partial charge in [-0.05, 0) is 43.2 Å². The van der Waals surface area contributed by atoms with Crippen molar-refractivity contribution in [2.75, 3.05) is 33.5 Å². The topological polar surface area (TPSA) is 128 Å². The van der Waals surface area contributed by atoms with Crippen LogP contribution < -0.4 is 15.6 Å². The van der Waals surface area contributed by atoms with Crippen molar-refractivity contribution in [2.45, 2.75) is 32.1 Å². The quantitative estimate of drug-likeness (QED) is 0.174. The van der Waals surface area contributed by atoms with Crippen LogP contribution in [0.15, 0.2) is 59.5 Å². The fourth-order valence-corrected chi connectivity index (χ4v) is 4.52. The lowest BCUT2D eigenvalue weighted by molar-refractivity contribution is -0.125. The molecule has 0 unspecified atom stereocenters. The highest BCUT2D eigenvalue weighted by Crippen LogP contribution is 2.32. The summed E-state index contributed by atoms with van der Waals surface area (Å²) in [5.74, 6) is -5.87. The molecule has 260 valence electrons. The highest BCUT2D eigenvalue weighted by atomic mass is 19.2. The lowest BCUT2D eigenvalue weighted by atomic mass is 10.1. The fourth-order valence-electron chi connectivity index (χ4n) is 4.52. The van der Waals surface area contributed by atoms with Crippen molar-refractivity contribution in [3.8, 4) is 5.75 Å². The Morgan fingerprint density at radius 2 is 1.76 bits per heavy atom. The van der Waals surface area contributed by atoms with Crippen LogP contribution in [-0.4, -0.2) is 76.1 Å². The Hall–Kier alpha value is -5.67. The molecule has 0 spiro atoms. The Balaban J connectivity index is 1.57. The number of imidazole rings is 1. The smallest absolute Gasteiger partial charge is 0.410 e. The van der Waals surface area contributed by atoms with Gasteiger partial charge in [0.05, 0.1) is 12.1 Å². The zero-order valence-electron chi connectivity index (χ0n) is 27.3. The average Bonchev–Trinajstić information content (AvgIpc) is 3.34. The van der Waals surface area contributed by atoms with Crippen LogP contribution in [0.1, 0.15) is 24.2 Å². The Kier molecular flexibility index (Phi) is 11.4. The van der Waals surface area contributed by atoms with Gasteiger partial charge in [0.1, 0.15) is 35.3 Å². The van der Waals surface area contributed by atoms with E-state index in [0.717, 1.165) is 23.1 Å². The molecule has 1 atom stereocenters. The molecule has 0 saturated carbocycles. The largest absolute Gasteiger partial charge is 0.483 e. The molecular formula is C33H34F4N6O6. The maximum absolute atomic E-state index is 14.9. The van der Waals surface area contributed by atoms with Crippen LogP contribution in [0.4, 0.5) is 28.0 Å². The van der Waals surface area contributed by atoms with Gasteiger partial charge >= 0.3 is 6.09 Å². The standard InChI is InChI=1S/C33H34F4N6O6/c1-40(2)27(44)11-7-6-10-25(49-33(47)41(3)4)31(45)38-23-9-8-14-43(32(23)46)17-26-39-29-24(42(26)5)16-22(36)28(37)30(29)48-18-19-12-13-20(34)15-21(19)35/h7-9,11-16,25H,6,10,17-18H2,1-5H3,(H,38,45)/b11-7+/t25-/m0/s1. The van der Waals surface area contributed by atoms with E-state index in [0.29, 0.717) is 6.07 Å². The van der Waals surface area contributed by atoms with Gasteiger partial charge in [-0.25, -0.2) is 22.9 Å². The van der Waals surface area contributed by atoms with Gasteiger partial charge in [-0.15, -0.1) is 0 Å². The van der Waals surface area contributed by atoms with E-state index in [1.54, 1.807) is 14.1 Å². The lowest BCUT2D eigenvalue weighted by Gasteiger charge is -2.19. The summed E-state index contributed by atoms with van der Waals surface area (Å²) in [7, 11) is 7.54. The molecule has 16 heteroatoms. The molecule has 0 aliphatic carbocycles. The molecule has 12 nitrogen and oxygen atoms in total. The molecular weight excluding hydrogens is 652 g/mol. The van der Waals surface area contributed by atoms with Crippen molar-refractivity contribution in [1.82, 2.24) is 23.9 Å². The number of pyridine rings is 1. The number of fused-ring (bicyclic) bond motifs is 1. The SMILES string of the molecule is CN(C)C(=O)/C=C/CC[C@H](OC(=O)N(C)C)C(=O)Nc1cccn(Cc2nc3c(OCc4ccc(F)cc4F)c(F)c(F)cc3n2C)c1=O. The number of hydrogen-bond donors (Lipinski definition) is 1. The first-order valence-corrected chi connectivity index (χ1v) is 14.8. The molecule has 3 amide bonds. The van der Waals surface area contributed by atoms with Gasteiger partial charge in [-0.2, -0.15) is 4.39 Å². The van der Waals surface area contributed by atoms with Crippen molar-refractivity contribution < 1.29 is 41.4 Å². The number of aromatic nitrogens is 3. The number of benzene rings is 2. The predicted octanol–water partition coefficient (Wildman–Crippen LogP) is 4.35. The summed E-state index contributed by atoms with van der Waals surface area (Å²) in [5.41, 5.74) is -0.929. The highest BCUT2D eigenvalue weighted by molar-refractivity contribution is 5.95. The molecule has 0 aliphatic heterocycles. The van der Waals surface area contributed by atoms with Crippen molar-refractivity contribution in [2.24, 2.45) is 7.05 Å². The number of nitrogens with zero attached hydrogens (tertiary/aromatic N) is 5. The van der Waals surface area contributed by atoms with E-state index >= 15 is 0 Å². The number of nitrogens with one attached hydrogen (secondary N) is 1. The minimum absolute atomic E-state index is 0.00876. The first-order chi connectivity index (χ1) is 23.2. The van der Waals surface area contributed by atoms with Crippen LogP contribution in [0.5, 0.6) is 5.75 Å². The molecule has 0 radical (unpaired) electrons. The van der Waals surface area contributed by atoms with Crippen LogP contribution in [-0.2, 0) is 34.5 Å². The van der Waals surface area contributed by atoms with Gasteiger partial charge in [0.25, 0.3) is 11.5 Å². The number of carbonyl (C=O) groups is 3. The number of allylic oxidation sites excluding steroid dienone is 1. The van der Waals surface area contributed by atoms with E-state index in [9.17, 15) is 36.7 Å². The van der Waals surface area contributed by atoms with Crippen molar-refractivity contribution in [3.05, 3.63) is 99.8 Å². The normalized spacial score (nSPS) is 11.9. The summed E-state index contributed by atoms with van der Waals surface area (Å²) in [5, 5.41) is 2.49. The highest BCUT2D eigenvalue weighted by Gasteiger charge is 2.25. The number of carbonyl (C=O) groups excluding carboxylic acids is 3. The van der Waals surface area contributed by atoms with Crippen molar-refractivity contribution in [3.63, 3.8) is 0 Å². The zero-order valence-corrected chi connectivity index (χ0v) is 27.3. The second kappa shape index (κ2) is 15.5. The molecule has 2 aromatic heterocycles. The number of aryl methyl sites for hydroxylation is 1. The van der Waals surface area contributed by atoms with E-state index < -0.39 is 59.3 Å². The van der Waals surface area contributed by atoms with Crippen LogP contribution in [0, 0.1) is 23.3 Å². The minimum Gasteiger partial charge on any atom is -0.483 e. The molecule has 49 heavy (non-hydrogen) atoms. The summed E-state index contributed by atoms with van der Waals surface area (Å²) in [6.07, 6.45) is 2.37. The molecule has 4 rings (SSSR count). The van der Waals surface area contributed by atoms with Gasteiger partial charge in [0.2, 0.25) is 11.7 Å². The van der Waals surface area contributed by atoms with Gasteiger partial charge in [0.15, 0.2) is 17.7 Å². The molecule has 0 aliphatic rings. The Morgan fingerprint density at radius 3 is 2.43 bits per heavy atom. The maximum Gasteiger partial charge on any atom is 0.410 e. The molecule has 4 aromatic rings. The van der Waals surface area contributed by atoms with E-state index in [1.165, 1.54) is 65.7 Å². The number of halogens is 4. The summed E-state index contributed by atoms with van der Waals surface area (Å²) >= 11 is 0. The molecule has 2 aromatic carbocycles.